The van der Waals surface area contributed by atoms with Gasteiger partial charge in [-0.15, -0.1) is 11.3 Å². The van der Waals surface area contributed by atoms with Crippen LogP contribution in [0.2, 0.25) is 5.02 Å². The summed E-state index contributed by atoms with van der Waals surface area (Å²) < 4.78 is 41.0. The van der Waals surface area contributed by atoms with Crippen molar-refractivity contribution in [2.75, 3.05) is 4.72 Å². The van der Waals surface area contributed by atoms with E-state index in [-0.39, 0.29) is 14.9 Å². The molecular formula is C15H13ClFN3O2S2. The highest BCUT2D eigenvalue weighted by atomic mass is 35.5. The van der Waals surface area contributed by atoms with E-state index in [1.165, 1.54) is 18.2 Å². The zero-order valence-electron chi connectivity index (χ0n) is 12.7. The number of nitrogens with zero attached hydrogens (tertiary/aromatic N) is 1. The Labute approximate surface area is 147 Å². The third-order valence-electron chi connectivity index (χ3n) is 3.51. The number of halogens is 2. The Morgan fingerprint density at radius 2 is 2.00 bits per heavy atom. The zero-order valence-corrected chi connectivity index (χ0v) is 15.1. The monoisotopic (exact) mass is 385 g/mol. The molecular weight excluding hydrogens is 373 g/mol. The molecule has 0 unspecified atom stereocenters. The van der Waals surface area contributed by atoms with Crippen LogP contribution in [0.5, 0.6) is 0 Å². The lowest BCUT2D eigenvalue weighted by Gasteiger charge is -2.07. The Morgan fingerprint density at radius 3 is 2.62 bits per heavy atom. The summed E-state index contributed by atoms with van der Waals surface area (Å²) in [5.74, 6) is -0.735. The van der Waals surface area contributed by atoms with Crippen molar-refractivity contribution in [1.82, 2.24) is 10.2 Å². The Morgan fingerprint density at radius 1 is 1.25 bits per heavy atom. The molecule has 1 aromatic carbocycles. The number of aromatic amines is 1. The van der Waals surface area contributed by atoms with Gasteiger partial charge < -0.3 is 0 Å². The number of nitrogens with one attached hydrogen (secondary N) is 2. The SMILES string of the molecule is Cc1[nH]nc(-c2ccc(S(=O)(=O)Nc3ccc(Cl)cc3F)s2)c1C. The van der Waals surface area contributed by atoms with Crippen molar-refractivity contribution in [2.24, 2.45) is 0 Å². The number of anilines is 1. The van der Waals surface area contributed by atoms with Crippen LogP contribution in [0.1, 0.15) is 11.3 Å². The van der Waals surface area contributed by atoms with Crippen molar-refractivity contribution in [2.45, 2.75) is 18.1 Å². The molecule has 0 fully saturated rings. The quantitative estimate of drug-likeness (QED) is 0.701. The van der Waals surface area contributed by atoms with Gasteiger partial charge in [0.15, 0.2) is 0 Å². The third-order valence-corrected chi connectivity index (χ3v) is 6.69. The predicted molar refractivity (Wildman–Crippen MR) is 93.6 cm³/mol. The maximum absolute atomic E-state index is 13.8. The molecule has 126 valence electrons. The number of hydrogen-bond acceptors (Lipinski definition) is 4. The highest BCUT2D eigenvalue weighted by molar-refractivity contribution is 7.94. The molecule has 0 aliphatic carbocycles. The lowest BCUT2D eigenvalue weighted by Crippen LogP contribution is -2.12. The van der Waals surface area contributed by atoms with Crippen LogP contribution in [0.25, 0.3) is 10.6 Å². The van der Waals surface area contributed by atoms with Gasteiger partial charge in [-0.2, -0.15) is 5.10 Å². The molecule has 24 heavy (non-hydrogen) atoms. The van der Waals surface area contributed by atoms with E-state index in [0.717, 1.165) is 28.7 Å². The first kappa shape index (κ1) is 16.9. The average Bonchev–Trinajstić information content (AvgIpc) is 3.11. The summed E-state index contributed by atoms with van der Waals surface area (Å²) in [7, 11) is -3.89. The minimum atomic E-state index is -3.89. The smallest absolute Gasteiger partial charge is 0.271 e. The van der Waals surface area contributed by atoms with Crippen LogP contribution in [0.4, 0.5) is 10.1 Å². The van der Waals surface area contributed by atoms with Crippen molar-refractivity contribution in [3.63, 3.8) is 0 Å². The first-order valence-electron chi connectivity index (χ1n) is 6.87. The summed E-state index contributed by atoms with van der Waals surface area (Å²) in [6, 6.07) is 6.90. The number of aryl methyl sites for hydroxylation is 1. The molecule has 0 amide bonds. The van der Waals surface area contributed by atoms with E-state index < -0.39 is 15.8 Å². The normalized spacial score (nSPS) is 11.7. The highest BCUT2D eigenvalue weighted by Crippen LogP contribution is 2.33. The van der Waals surface area contributed by atoms with Crippen LogP contribution in [-0.4, -0.2) is 18.6 Å². The summed E-state index contributed by atoms with van der Waals surface area (Å²) in [6.07, 6.45) is 0. The standard InChI is InChI=1S/C15H13ClFN3O2S2/c1-8-9(2)18-19-15(8)13-5-6-14(23-13)24(21,22)20-12-4-3-10(16)7-11(12)17/h3-7,20H,1-2H3,(H,18,19). The Balaban J connectivity index is 1.92. The first-order valence-corrected chi connectivity index (χ1v) is 9.55. The van der Waals surface area contributed by atoms with Gasteiger partial charge in [-0.05, 0) is 49.7 Å². The summed E-state index contributed by atoms with van der Waals surface area (Å²) in [5, 5.41) is 7.24. The fourth-order valence-electron chi connectivity index (χ4n) is 2.08. The van der Waals surface area contributed by atoms with Crippen LogP contribution in [0.3, 0.4) is 0 Å². The van der Waals surface area contributed by atoms with Gasteiger partial charge in [0.05, 0.1) is 10.6 Å². The predicted octanol–water partition coefficient (Wildman–Crippen LogP) is 4.35. The molecule has 0 atom stereocenters. The Bertz CT molecular complexity index is 1010. The van der Waals surface area contributed by atoms with Crippen LogP contribution < -0.4 is 4.72 Å². The molecule has 0 bridgehead atoms. The Hall–Kier alpha value is -1.90. The van der Waals surface area contributed by atoms with E-state index in [2.05, 4.69) is 14.9 Å². The molecule has 2 aromatic heterocycles. The zero-order chi connectivity index (χ0) is 17.5. The van der Waals surface area contributed by atoms with Gasteiger partial charge in [0.25, 0.3) is 10.0 Å². The van der Waals surface area contributed by atoms with E-state index in [4.69, 9.17) is 11.6 Å². The van der Waals surface area contributed by atoms with Gasteiger partial charge >= 0.3 is 0 Å². The molecule has 3 rings (SSSR count). The maximum atomic E-state index is 13.8. The summed E-state index contributed by atoms with van der Waals surface area (Å²) >= 11 is 6.74. The van der Waals surface area contributed by atoms with Crippen molar-refractivity contribution >= 4 is 38.6 Å². The largest absolute Gasteiger partial charge is 0.282 e. The van der Waals surface area contributed by atoms with E-state index in [1.54, 1.807) is 6.07 Å². The van der Waals surface area contributed by atoms with Crippen LogP contribution in [0, 0.1) is 19.7 Å². The molecule has 2 heterocycles. The highest BCUT2D eigenvalue weighted by Gasteiger charge is 2.20. The topological polar surface area (TPSA) is 74.8 Å². The van der Waals surface area contributed by atoms with E-state index in [0.29, 0.717) is 10.6 Å². The van der Waals surface area contributed by atoms with Crippen molar-refractivity contribution < 1.29 is 12.8 Å². The van der Waals surface area contributed by atoms with Gasteiger partial charge in [-0.1, -0.05) is 11.6 Å². The molecule has 0 aliphatic rings. The summed E-state index contributed by atoms with van der Waals surface area (Å²) in [5.41, 5.74) is 2.43. The number of rotatable bonds is 4. The van der Waals surface area contributed by atoms with Crippen LogP contribution in [0.15, 0.2) is 34.5 Å². The number of H-pyrrole nitrogens is 1. The lowest BCUT2D eigenvalue weighted by molar-refractivity contribution is 0.600. The molecule has 0 radical (unpaired) electrons. The number of aromatic nitrogens is 2. The van der Waals surface area contributed by atoms with E-state index >= 15 is 0 Å². The number of benzene rings is 1. The van der Waals surface area contributed by atoms with Crippen molar-refractivity contribution in [1.29, 1.82) is 0 Å². The van der Waals surface area contributed by atoms with Gasteiger partial charge in [-0.3, -0.25) is 9.82 Å². The minimum Gasteiger partial charge on any atom is -0.282 e. The second-order valence-corrected chi connectivity index (χ2v) is 8.60. The number of hydrogen-bond donors (Lipinski definition) is 2. The molecule has 0 spiro atoms. The second-order valence-electron chi connectivity index (χ2n) is 5.17. The lowest BCUT2D eigenvalue weighted by atomic mass is 10.2. The fourth-order valence-corrected chi connectivity index (χ4v) is 4.66. The molecule has 9 heteroatoms. The fraction of sp³-hybridized carbons (Fsp3) is 0.133. The molecule has 2 N–H and O–H groups in total. The van der Waals surface area contributed by atoms with Gasteiger partial charge in [-0.25, -0.2) is 12.8 Å². The number of sulfonamides is 1. The molecule has 0 saturated carbocycles. The molecule has 3 aromatic rings. The summed E-state index contributed by atoms with van der Waals surface area (Å²) in [6.45, 7) is 3.80. The van der Waals surface area contributed by atoms with Crippen molar-refractivity contribution in [3.05, 3.63) is 52.4 Å². The average molecular weight is 386 g/mol. The third kappa shape index (κ3) is 3.17. The van der Waals surface area contributed by atoms with Gasteiger partial charge in [0, 0.05) is 10.7 Å². The van der Waals surface area contributed by atoms with Crippen LogP contribution >= 0.6 is 22.9 Å². The van der Waals surface area contributed by atoms with Crippen LogP contribution in [-0.2, 0) is 10.0 Å². The Kier molecular flexibility index (Phi) is 4.37. The van der Waals surface area contributed by atoms with E-state index in [9.17, 15) is 12.8 Å². The summed E-state index contributed by atoms with van der Waals surface area (Å²) in [4.78, 5) is 0.716. The van der Waals surface area contributed by atoms with E-state index in [1.807, 2.05) is 13.8 Å². The van der Waals surface area contributed by atoms with Gasteiger partial charge in [0.2, 0.25) is 0 Å². The second kappa shape index (κ2) is 6.19. The molecule has 0 aliphatic heterocycles. The van der Waals surface area contributed by atoms with Gasteiger partial charge in [0.1, 0.15) is 15.7 Å². The number of thiophene rings is 1. The maximum Gasteiger partial charge on any atom is 0.271 e. The minimum absolute atomic E-state index is 0.0758. The molecule has 0 saturated heterocycles. The van der Waals surface area contributed by atoms with Crippen molar-refractivity contribution in [3.8, 4) is 10.6 Å². The molecule has 5 nitrogen and oxygen atoms in total. The first-order chi connectivity index (χ1) is 11.3.